The van der Waals surface area contributed by atoms with Crippen LogP contribution in [0.5, 0.6) is 0 Å². The van der Waals surface area contributed by atoms with E-state index < -0.39 is 6.03 Å². The standard InChI is InChI=1S/C11H9BrN2O3/c1-2-5-14-10(15)8(13-11(14)16)6-7-3-4-9(12)17-7/h2-4,6H,1,5H2,(H,13,16)/b8-6+. The first-order valence-corrected chi connectivity index (χ1v) is 5.62. The average molecular weight is 297 g/mol. The number of rotatable bonds is 3. The summed E-state index contributed by atoms with van der Waals surface area (Å²) in [5.41, 5.74) is 0.193. The van der Waals surface area contributed by atoms with E-state index in [-0.39, 0.29) is 18.1 Å². The highest BCUT2D eigenvalue weighted by Gasteiger charge is 2.32. The summed E-state index contributed by atoms with van der Waals surface area (Å²) in [6, 6.07) is 2.94. The van der Waals surface area contributed by atoms with Crippen LogP contribution in [-0.4, -0.2) is 23.4 Å². The molecule has 0 radical (unpaired) electrons. The Morgan fingerprint density at radius 1 is 1.47 bits per heavy atom. The van der Waals surface area contributed by atoms with Crippen molar-refractivity contribution in [2.45, 2.75) is 0 Å². The van der Waals surface area contributed by atoms with Crippen LogP contribution in [0, 0.1) is 0 Å². The number of carbonyl (C=O) groups excluding carboxylic acids is 2. The number of hydrogen-bond donors (Lipinski definition) is 1. The minimum atomic E-state index is -0.452. The Morgan fingerprint density at radius 2 is 2.24 bits per heavy atom. The quantitative estimate of drug-likeness (QED) is 0.528. The van der Waals surface area contributed by atoms with E-state index in [1.54, 1.807) is 12.1 Å². The third kappa shape index (κ3) is 2.31. The van der Waals surface area contributed by atoms with Gasteiger partial charge in [-0.3, -0.25) is 9.69 Å². The van der Waals surface area contributed by atoms with E-state index in [0.29, 0.717) is 10.4 Å². The van der Waals surface area contributed by atoms with Crippen LogP contribution < -0.4 is 5.32 Å². The third-order valence-electron chi connectivity index (χ3n) is 2.15. The number of furan rings is 1. The van der Waals surface area contributed by atoms with Crippen molar-refractivity contribution in [3.05, 3.63) is 40.9 Å². The second-order valence-electron chi connectivity index (χ2n) is 3.33. The Labute approximate surface area is 106 Å². The molecule has 0 atom stereocenters. The largest absolute Gasteiger partial charge is 0.450 e. The summed E-state index contributed by atoms with van der Waals surface area (Å²) in [5.74, 6) is 0.100. The number of carbonyl (C=O) groups is 2. The minimum absolute atomic E-state index is 0.184. The minimum Gasteiger partial charge on any atom is -0.450 e. The van der Waals surface area contributed by atoms with Crippen LogP contribution in [0.2, 0.25) is 0 Å². The van der Waals surface area contributed by atoms with Crippen molar-refractivity contribution >= 4 is 33.9 Å². The van der Waals surface area contributed by atoms with E-state index in [2.05, 4.69) is 27.8 Å². The lowest BCUT2D eigenvalue weighted by Crippen LogP contribution is -2.30. The zero-order chi connectivity index (χ0) is 12.4. The van der Waals surface area contributed by atoms with Crippen LogP contribution in [0.3, 0.4) is 0 Å². The van der Waals surface area contributed by atoms with E-state index in [1.807, 2.05) is 0 Å². The molecule has 1 aromatic rings. The Morgan fingerprint density at radius 3 is 2.82 bits per heavy atom. The Bertz CT molecular complexity index is 519. The molecule has 0 aromatic carbocycles. The first-order chi connectivity index (χ1) is 8.11. The fourth-order valence-corrected chi connectivity index (χ4v) is 1.73. The van der Waals surface area contributed by atoms with E-state index >= 15 is 0 Å². The maximum atomic E-state index is 11.8. The molecule has 88 valence electrons. The molecule has 5 nitrogen and oxygen atoms in total. The summed E-state index contributed by atoms with van der Waals surface area (Å²) in [7, 11) is 0. The van der Waals surface area contributed by atoms with Gasteiger partial charge in [-0.1, -0.05) is 6.08 Å². The summed E-state index contributed by atoms with van der Waals surface area (Å²) >= 11 is 3.15. The molecule has 1 aliphatic heterocycles. The molecule has 0 unspecified atom stereocenters. The topological polar surface area (TPSA) is 62.6 Å². The lowest BCUT2D eigenvalue weighted by Gasteiger charge is -2.06. The monoisotopic (exact) mass is 296 g/mol. The number of nitrogens with zero attached hydrogens (tertiary/aromatic N) is 1. The summed E-state index contributed by atoms with van der Waals surface area (Å²) in [5, 5.41) is 2.47. The number of urea groups is 1. The van der Waals surface area contributed by atoms with Crippen molar-refractivity contribution < 1.29 is 14.0 Å². The number of halogens is 1. The molecule has 3 amide bonds. The van der Waals surface area contributed by atoms with Crippen molar-refractivity contribution in [2.75, 3.05) is 6.54 Å². The second-order valence-corrected chi connectivity index (χ2v) is 4.12. The lowest BCUT2D eigenvalue weighted by atomic mass is 10.3. The first-order valence-electron chi connectivity index (χ1n) is 4.82. The van der Waals surface area contributed by atoms with Gasteiger partial charge in [0.05, 0.1) is 0 Å². The molecule has 17 heavy (non-hydrogen) atoms. The van der Waals surface area contributed by atoms with Gasteiger partial charge < -0.3 is 9.73 Å². The third-order valence-corrected chi connectivity index (χ3v) is 2.58. The molecule has 1 aliphatic rings. The molecule has 1 N–H and O–H groups in total. The summed E-state index contributed by atoms with van der Waals surface area (Å²) in [6.07, 6.45) is 2.97. The number of nitrogens with one attached hydrogen (secondary N) is 1. The van der Waals surface area contributed by atoms with Crippen LogP contribution >= 0.6 is 15.9 Å². The summed E-state index contributed by atoms with van der Waals surface area (Å²) in [4.78, 5) is 24.3. The smallest absolute Gasteiger partial charge is 0.329 e. The highest BCUT2D eigenvalue weighted by atomic mass is 79.9. The van der Waals surface area contributed by atoms with E-state index in [9.17, 15) is 9.59 Å². The number of hydrogen-bond acceptors (Lipinski definition) is 3. The predicted octanol–water partition coefficient (Wildman–Crippen LogP) is 2.12. The van der Waals surface area contributed by atoms with Gasteiger partial charge in [-0.05, 0) is 28.1 Å². The van der Waals surface area contributed by atoms with Crippen LogP contribution in [0.15, 0.2) is 39.6 Å². The maximum absolute atomic E-state index is 11.8. The highest BCUT2D eigenvalue weighted by molar-refractivity contribution is 9.10. The van der Waals surface area contributed by atoms with Gasteiger partial charge in [-0.2, -0.15) is 0 Å². The van der Waals surface area contributed by atoms with Crippen LogP contribution in [-0.2, 0) is 4.79 Å². The molecule has 1 aromatic heterocycles. The zero-order valence-corrected chi connectivity index (χ0v) is 10.4. The normalized spacial score (nSPS) is 17.7. The molecule has 2 heterocycles. The molecule has 1 saturated heterocycles. The molecule has 0 bridgehead atoms. The van der Waals surface area contributed by atoms with Gasteiger partial charge in [-0.15, -0.1) is 6.58 Å². The predicted molar refractivity (Wildman–Crippen MR) is 64.8 cm³/mol. The van der Waals surface area contributed by atoms with Crippen molar-refractivity contribution in [3.63, 3.8) is 0 Å². The number of amides is 3. The van der Waals surface area contributed by atoms with Crippen LogP contribution in [0.25, 0.3) is 6.08 Å². The van der Waals surface area contributed by atoms with Crippen molar-refractivity contribution in [1.82, 2.24) is 10.2 Å². The molecular weight excluding hydrogens is 288 g/mol. The zero-order valence-electron chi connectivity index (χ0n) is 8.77. The molecular formula is C11H9BrN2O3. The van der Waals surface area contributed by atoms with E-state index in [1.165, 1.54) is 12.2 Å². The van der Waals surface area contributed by atoms with Crippen LogP contribution in [0.1, 0.15) is 5.76 Å². The molecule has 2 rings (SSSR count). The van der Waals surface area contributed by atoms with Gasteiger partial charge in [-0.25, -0.2) is 4.79 Å². The van der Waals surface area contributed by atoms with Crippen molar-refractivity contribution in [2.24, 2.45) is 0 Å². The molecule has 0 spiro atoms. The van der Waals surface area contributed by atoms with Gasteiger partial charge >= 0.3 is 6.03 Å². The Hall–Kier alpha value is -1.82. The molecule has 0 saturated carbocycles. The summed E-state index contributed by atoms with van der Waals surface area (Å²) < 4.78 is 5.78. The van der Waals surface area contributed by atoms with E-state index in [4.69, 9.17) is 4.42 Å². The van der Waals surface area contributed by atoms with Crippen molar-refractivity contribution in [1.29, 1.82) is 0 Å². The molecule has 6 heteroatoms. The van der Waals surface area contributed by atoms with Gasteiger partial charge in [0.2, 0.25) is 0 Å². The molecule has 1 fully saturated rings. The second kappa shape index (κ2) is 4.58. The van der Waals surface area contributed by atoms with Gasteiger partial charge in [0.15, 0.2) is 4.67 Å². The highest BCUT2D eigenvalue weighted by Crippen LogP contribution is 2.18. The maximum Gasteiger partial charge on any atom is 0.329 e. The molecule has 0 aliphatic carbocycles. The number of imide groups is 1. The Balaban J connectivity index is 2.24. The fraction of sp³-hybridized carbons (Fsp3) is 0.0909. The average Bonchev–Trinajstić information content (AvgIpc) is 2.79. The van der Waals surface area contributed by atoms with Crippen LogP contribution in [0.4, 0.5) is 4.79 Å². The lowest BCUT2D eigenvalue weighted by molar-refractivity contribution is -0.122. The van der Waals surface area contributed by atoms with Crippen molar-refractivity contribution in [3.8, 4) is 0 Å². The first kappa shape index (κ1) is 11.7. The Kier molecular flexibility index (Phi) is 3.14. The van der Waals surface area contributed by atoms with Gasteiger partial charge in [0, 0.05) is 12.6 Å². The van der Waals surface area contributed by atoms with E-state index in [0.717, 1.165) is 4.90 Å². The SMILES string of the molecule is C=CCN1C(=O)N/C(=C/c2ccc(Br)o2)C1=O. The van der Waals surface area contributed by atoms with Gasteiger partial charge in [0.1, 0.15) is 11.5 Å². The van der Waals surface area contributed by atoms with Gasteiger partial charge in [0.25, 0.3) is 5.91 Å². The summed E-state index contributed by atoms with van der Waals surface area (Å²) in [6.45, 7) is 3.67. The fourth-order valence-electron chi connectivity index (χ4n) is 1.41.